The molecule has 1 aliphatic carbocycles. The minimum absolute atomic E-state index is 0.264. The smallest absolute Gasteiger partial charge is 0.224 e. The molecular weight excluding hydrogens is 308 g/mol. The summed E-state index contributed by atoms with van der Waals surface area (Å²) in [5.41, 5.74) is 0. The van der Waals surface area contributed by atoms with Crippen molar-refractivity contribution in [2.45, 2.75) is 68.0 Å². The van der Waals surface area contributed by atoms with Crippen LogP contribution in [0.15, 0.2) is 0 Å². The Morgan fingerprint density at radius 1 is 1.04 bits per heavy atom. The number of hydrogen-bond acceptors (Lipinski definition) is 8. The van der Waals surface area contributed by atoms with E-state index in [1.165, 1.54) is 7.11 Å². The first-order valence-corrected chi connectivity index (χ1v) is 7.99. The third-order valence-electron chi connectivity index (χ3n) is 5.18. The largest absolute Gasteiger partial charge is 0.394 e. The van der Waals surface area contributed by atoms with Crippen molar-refractivity contribution in [2.24, 2.45) is 0 Å². The van der Waals surface area contributed by atoms with Gasteiger partial charge in [0.2, 0.25) is 11.6 Å². The molecule has 2 aliphatic heterocycles. The van der Waals surface area contributed by atoms with Gasteiger partial charge in [-0.1, -0.05) is 0 Å². The molecule has 134 valence electrons. The molecule has 1 spiro atoms. The van der Waals surface area contributed by atoms with Crippen LogP contribution in [-0.2, 0) is 28.4 Å². The molecule has 0 bridgehead atoms. The molecule has 2 saturated heterocycles. The minimum Gasteiger partial charge on any atom is -0.394 e. The van der Waals surface area contributed by atoms with Crippen LogP contribution in [0.25, 0.3) is 0 Å². The molecule has 0 amide bonds. The Morgan fingerprint density at radius 2 is 1.70 bits per heavy atom. The zero-order valence-electron chi connectivity index (χ0n) is 13.8. The summed E-state index contributed by atoms with van der Waals surface area (Å²) in [7, 11) is 4.54. The molecule has 3 fully saturated rings. The minimum atomic E-state index is -1.13. The highest BCUT2D eigenvalue weighted by molar-refractivity contribution is 5.04. The zero-order valence-corrected chi connectivity index (χ0v) is 13.8. The molecule has 0 aromatic heterocycles. The van der Waals surface area contributed by atoms with Crippen molar-refractivity contribution >= 4 is 0 Å². The molecule has 2 heterocycles. The summed E-state index contributed by atoms with van der Waals surface area (Å²) in [6.45, 7) is -0.264. The molecule has 3 rings (SSSR count). The quantitative estimate of drug-likeness (QED) is 0.680. The third-order valence-corrected chi connectivity index (χ3v) is 5.18. The van der Waals surface area contributed by atoms with Gasteiger partial charge in [0.15, 0.2) is 6.29 Å². The second-order valence-electron chi connectivity index (χ2n) is 6.24. The van der Waals surface area contributed by atoms with Gasteiger partial charge in [0, 0.05) is 34.2 Å². The van der Waals surface area contributed by atoms with Crippen LogP contribution in [0.1, 0.15) is 25.7 Å². The highest BCUT2D eigenvalue weighted by Crippen LogP contribution is 2.51. The fraction of sp³-hybridized carbons (Fsp3) is 1.00. The number of ether oxygens (including phenoxy) is 6. The lowest BCUT2D eigenvalue weighted by molar-refractivity contribution is -0.389. The Morgan fingerprint density at radius 3 is 2.30 bits per heavy atom. The van der Waals surface area contributed by atoms with Gasteiger partial charge >= 0.3 is 0 Å². The van der Waals surface area contributed by atoms with Gasteiger partial charge in [-0.25, -0.2) is 0 Å². The number of hydrogen-bond donors (Lipinski definition) is 2. The summed E-state index contributed by atoms with van der Waals surface area (Å²) in [5, 5.41) is 20.1. The lowest BCUT2D eigenvalue weighted by Crippen LogP contribution is -2.60. The first kappa shape index (κ1) is 17.5. The van der Waals surface area contributed by atoms with Gasteiger partial charge in [0.1, 0.15) is 24.4 Å². The van der Waals surface area contributed by atoms with E-state index in [4.69, 9.17) is 28.4 Å². The molecule has 1 unspecified atom stereocenters. The molecule has 8 nitrogen and oxygen atoms in total. The predicted octanol–water partition coefficient (Wildman–Crippen LogP) is -0.246. The summed E-state index contributed by atoms with van der Waals surface area (Å²) >= 11 is 0. The molecule has 0 radical (unpaired) electrons. The van der Waals surface area contributed by atoms with E-state index in [1.807, 2.05) is 0 Å². The third kappa shape index (κ3) is 2.52. The van der Waals surface area contributed by atoms with Gasteiger partial charge in [0.05, 0.1) is 6.61 Å². The highest BCUT2D eigenvalue weighted by atomic mass is 16.8. The van der Waals surface area contributed by atoms with E-state index in [-0.39, 0.29) is 6.61 Å². The van der Waals surface area contributed by atoms with Crippen molar-refractivity contribution in [3.63, 3.8) is 0 Å². The topological polar surface area (TPSA) is 95.8 Å². The normalized spacial score (nSPS) is 46.0. The summed E-state index contributed by atoms with van der Waals surface area (Å²) in [6, 6.07) is 0. The monoisotopic (exact) mass is 334 g/mol. The second-order valence-corrected chi connectivity index (χ2v) is 6.24. The van der Waals surface area contributed by atoms with E-state index in [2.05, 4.69) is 0 Å². The van der Waals surface area contributed by atoms with E-state index in [1.54, 1.807) is 14.2 Å². The average Bonchev–Trinajstić information content (AvgIpc) is 2.97. The Balaban J connectivity index is 1.92. The first-order valence-electron chi connectivity index (χ1n) is 7.99. The number of fused-ring (bicyclic) bond motifs is 1. The van der Waals surface area contributed by atoms with Crippen LogP contribution in [-0.4, -0.2) is 80.4 Å². The van der Waals surface area contributed by atoms with Crippen molar-refractivity contribution in [2.75, 3.05) is 27.9 Å². The average molecular weight is 334 g/mol. The fourth-order valence-electron chi connectivity index (χ4n) is 3.97. The molecule has 8 heteroatoms. The Bertz CT molecular complexity index is 414. The molecule has 0 aromatic carbocycles. The molecule has 0 aromatic rings. The Hall–Kier alpha value is -0.320. The maximum Gasteiger partial charge on any atom is 0.224 e. The summed E-state index contributed by atoms with van der Waals surface area (Å²) < 4.78 is 34.4. The lowest BCUT2D eigenvalue weighted by atomic mass is 9.87. The number of aliphatic hydroxyl groups excluding tert-OH is 2. The lowest BCUT2D eigenvalue weighted by Gasteiger charge is -2.47. The first-order chi connectivity index (χ1) is 11.1. The highest BCUT2D eigenvalue weighted by Gasteiger charge is 2.67. The molecule has 1 saturated carbocycles. The van der Waals surface area contributed by atoms with Crippen molar-refractivity contribution in [3.8, 4) is 0 Å². The van der Waals surface area contributed by atoms with Crippen LogP contribution < -0.4 is 0 Å². The Kier molecular flexibility index (Phi) is 4.97. The van der Waals surface area contributed by atoms with E-state index < -0.39 is 42.3 Å². The maximum absolute atomic E-state index is 10.5. The zero-order chi connectivity index (χ0) is 16.7. The van der Waals surface area contributed by atoms with E-state index in [0.717, 1.165) is 12.8 Å². The van der Waals surface area contributed by atoms with E-state index >= 15 is 0 Å². The molecular formula is C15H26O8. The van der Waals surface area contributed by atoms with E-state index in [9.17, 15) is 10.2 Å². The van der Waals surface area contributed by atoms with Crippen molar-refractivity contribution in [1.29, 1.82) is 0 Å². The van der Waals surface area contributed by atoms with Crippen molar-refractivity contribution in [3.05, 3.63) is 0 Å². The molecule has 3 aliphatic rings. The van der Waals surface area contributed by atoms with Gasteiger partial charge in [-0.15, -0.1) is 0 Å². The van der Waals surface area contributed by atoms with Crippen LogP contribution in [0.3, 0.4) is 0 Å². The van der Waals surface area contributed by atoms with Gasteiger partial charge in [0.25, 0.3) is 0 Å². The summed E-state index contributed by atoms with van der Waals surface area (Å²) in [4.78, 5) is 0. The van der Waals surface area contributed by atoms with Crippen LogP contribution >= 0.6 is 0 Å². The van der Waals surface area contributed by atoms with Crippen LogP contribution in [0.5, 0.6) is 0 Å². The van der Waals surface area contributed by atoms with Gasteiger partial charge < -0.3 is 38.6 Å². The summed E-state index contributed by atoms with van der Waals surface area (Å²) in [5.74, 6) is -2.19. The number of aliphatic hydroxyl groups is 2. The van der Waals surface area contributed by atoms with Crippen LogP contribution in [0.2, 0.25) is 0 Å². The van der Waals surface area contributed by atoms with Gasteiger partial charge in [-0.2, -0.15) is 0 Å². The second kappa shape index (κ2) is 6.53. The standard InChI is InChI=1S/C15H26O8/c1-18-13-10(17)12-11(9(8-16)21-13)22-15(23-12)7-5-4-6-14(15,19-2)20-3/h9-13,16-17H,4-8H2,1-3H3/t9-,10-,11+,12-,13+,15?/m1/s1. The van der Waals surface area contributed by atoms with Crippen molar-refractivity contribution < 1.29 is 38.6 Å². The fourth-order valence-corrected chi connectivity index (χ4v) is 3.97. The predicted molar refractivity (Wildman–Crippen MR) is 76.5 cm³/mol. The Labute approximate surface area is 135 Å². The van der Waals surface area contributed by atoms with Crippen LogP contribution in [0, 0.1) is 0 Å². The number of rotatable bonds is 4. The van der Waals surface area contributed by atoms with Gasteiger partial charge in [-0.05, 0) is 12.8 Å². The summed E-state index contributed by atoms with van der Waals surface area (Å²) in [6.07, 6.45) is -0.857. The SMILES string of the molecule is CO[C@H]1O[C@H](CO)[C@@H]2OC3(CCCCC3(OC)OC)O[C@@H]2[C@H]1O. The maximum atomic E-state index is 10.5. The van der Waals surface area contributed by atoms with Crippen molar-refractivity contribution in [1.82, 2.24) is 0 Å². The molecule has 23 heavy (non-hydrogen) atoms. The van der Waals surface area contributed by atoms with E-state index in [0.29, 0.717) is 12.8 Å². The number of methoxy groups -OCH3 is 3. The van der Waals surface area contributed by atoms with Crippen LogP contribution in [0.4, 0.5) is 0 Å². The molecule has 2 N–H and O–H groups in total. The van der Waals surface area contributed by atoms with Gasteiger partial charge in [-0.3, -0.25) is 0 Å². The molecule has 6 atom stereocenters.